The van der Waals surface area contributed by atoms with Crippen LogP contribution >= 0.6 is 0 Å². The molecule has 1 aromatic carbocycles. The van der Waals surface area contributed by atoms with Crippen molar-refractivity contribution in [2.45, 2.75) is 71.0 Å². The molecule has 0 saturated carbocycles. The summed E-state index contributed by atoms with van der Waals surface area (Å²) in [6.07, 6.45) is 4.85. The fraction of sp³-hybridized carbons (Fsp3) is 0.480. The maximum Gasteiger partial charge on any atom is 0.151 e. The Morgan fingerprint density at radius 1 is 1.06 bits per heavy atom. The normalized spacial score (nSPS) is 18.3. The predicted octanol–water partition coefficient (Wildman–Crippen LogP) is 4.71. The van der Waals surface area contributed by atoms with E-state index < -0.39 is 0 Å². The smallest absolute Gasteiger partial charge is 0.151 e. The Balaban J connectivity index is 1.65. The Labute approximate surface area is 184 Å². The second-order valence-electron chi connectivity index (χ2n) is 10.1. The van der Waals surface area contributed by atoms with Crippen molar-refractivity contribution in [3.63, 3.8) is 0 Å². The number of pyridine rings is 1. The Kier molecular flexibility index (Phi) is 5.38. The molecular formula is C25H33N5O. The molecule has 0 spiro atoms. The van der Waals surface area contributed by atoms with Crippen LogP contribution in [0.1, 0.15) is 53.0 Å². The summed E-state index contributed by atoms with van der Waals surface area (Å²) in [7, 11) is 2.09. The first kappa shape index (κ1) is 21.5. The molecular weight excluding hydrogens is 386 g/mol. The minimum Gasteiger partial charge on any atom is -0.507 e. The van der Waals surface area contributed by atoms with Crippen molar-refractivity contribution in [1.29, 1.82) is 0 Å². The van der Waals surface area contributed by atoms with Gasteiger partial charge in [-0.3, -0.25) is 4.98 Å². The van der Waals surface area contributed by atoms with Gasteiger partial charge in [-0.1, -0.05) is 6.92 Å². The summed E-state index contributed by atoms with van der Waals surface area (Å²) in [6, 6.07) is 10.0. The van der Waals surface area contributed by atoms with Gasteiger partial charge in [0.05, 0.1) is 16.8 Å². The van der Waals surface area contributed by atoms with E-state index in [1.807, 2.05) is 24.4 Å². The minimum absolute atomic E-state index is 0.0613. The minimum atomic E-state index is 0.0613. The molecule has 1 aliphatic rings. The molecule has 3 heterocycles. The van der Waals surface area contributed by atoms with Crippen LogP contribution in [-0.4, -0.2) is 44.5 Å². The lowest BCUT2D eigenvalue weighted by Crippen LogP contribution is -2.62. The topological polar surface area (TPSA) is 74.2 Å². The number of hydrogen-bond acceptors (Lipinski definition) is 6. The number of nitrogens with zero attached hydrogens (tertiary/aromatic N) is 4. The standard InChI is InChI=1S/C25H33N5O/c1-7-16-12-17-8-10-20(31)22(23(17)26-15-16)19-9-11-21(28-27-19)30(6)18-13-24(2,3)29-25(4,5)14-18/h8-12,15,18,29,31H,7,13-14H2,1-6H3. The van der Waals surface area contributed by atoms with Crippen molar-refractivity contribution in [1.82, 2.24) is 20.5 Å². The van der Waals surface area contributed by atoms with Crippen LogP contribution in [-0.2, 0) is 6.42 Å². The van der Waals surface area contributed by atoms with E-state index in [0.29, 0.717) is 17.3 Å². The van der Waals surface area contributed by atoms with Crippen LogP contribution in [0.4, 0.5) is 5.82 Å². The van der Waals surface area contributed by atoms with E-state index in [1.54, 1.807) is 6.07 Å². The van der Waals surface area contributed by atoms with E-state index >= 15 is 0 Å². The Hall–Kier alpha value is -2.73. The summed E-state index contributed by atoms with van der Waals surface area (Å²) >= 11 is 0. The van der Waals surface area contributed by atoms with Gasteiger partial charge in [0.25, 0.3) is 0 Å². The summed E-state index contributed by atoms with van der Waals surface area (Å²) in [5.74, 6) is 1.00. The number of piperidine rings is 1. The lowest BCUT2D eigenvalue weighted by molar-refractivity contribution is 0.160. The summed E-state index contributed by atoms with van der Waals surface area (Å²) in [5.41, 5.74) is 3.29. The van der Waals surface area contributed by atoms with Gasteiger partial charge < -0.3 is 15.3 Å². The van der Waals surface area contributed by atoms with Gasteiger partial charge in [0, 0.05) is 35.8 Å². The van der Waals surface area contributed by atoms with E-state index in [4.69, 9.17) is 0 Å². The highest BCUT2D eigenvalue weighted by Gasteiger charge is 2.39. The van der Waals surface area contributed by atoms with Crippen LogP contribution in [0.15, 0.2) is 36.5 Å². The van der Waals surface area contributed by atoms with Gasteiger partial charge in [0.2, 0.25) is 0 Å². The number of fused-ring (bicyclic) bond motifs is 1. The van der Waals surface area contributed by atoms with E-state index in [9.17, 15) is 5.11 Å². The zero-order chi connectivity index (χ0) is 22.4. The molecule has 6 heteroatoms. The number of hydrogen-bond donors (Lipinski definition) is 2. The second-order valence-corrected chi connectivity index (χ2v) is 10.1. The first-order chi connectivity index (χ1) is 14.6. The third-order valence-corrected chi connectivity index (χ3v) is 6.28. The van der Waals surface area contributed by atoms with Gasteiger partial charge in [0.15, 0.2) is 5.82 Å². The van der Waals surface area contributed by atoms with E-state index in [0.717, 1.165) is 36.0 Å². The van der Waals surface area contributed by atoms with Gasteiger partial charge in [-0.15, -0.1) is 10.2 Å². The fourth-order valence-corrected chi connectivity index (χ4v) is 5.06. The number of aryl methyl sites for hydroxylation is 1. The second kappa shape index (κ2) is 7.75. The summed E-state index contributed by atoms with van der Waals surface area (Å²) in [5, 5.41) is 24.3. The number of benzene rings is 1. The molecule has 0 amide bonds. The average Bonchev–Trinajstić information content (AvgIpc) is 2.71. The predicted molar refractivity (Wildman–Crippen MR) is 127 cm³/mol. The number of phenolic OH excluding ortho intramolecular Hbond substituents is 1. The van der Waals surface area contributed by atoms with E-state index in [1.165, 1.54) is 5.56 Å². The van der Waals surface area contributed by atoms with Crippen molar-refractivity contribution in [2.75, 3.05) is 11.9 Å². The van der Waals surface area contributed by atoms with Crippen molar-refractivity contribution >= 4 is 16.7 Å². The monoisotopic (exact) mass is 419 g/mol. The number of nitrogens with one attached hydrogen (secondary N) is 1. The molecule has 0 atom stereocenters. The average molecular weight is 420 g/mol. The summed E-state index contributed by atoms with van der Waals surface area (Å²) in [4.78, 5) is 6.84. The van der Waals surface area contributed by atoms with Crippen molar-refractivity contribution in [3.05, 3.63) is 42.1 Å². The first-order valence-electron chi connectivity index (χ1n) is 11.1. The third kappa shape index (κ3) is 4.35. The molecule has 3 aromatic rings. The highest BCUT2D eigenvalue weighted by atomic mass is 16.3. The Morgan fingerprint density at radius 3 is 2.39 bits per heavy atom. The Bertz CT molecular complexity index is 1080. The van der Waals surface area contributed by atoms with Gasteiger partial charge in [-0.25, -0.2) is 0 Å². The molecule has 6 nitrogen and oxygen atoms in total. The lowest BCUT2D eigenvalue weighted by atomic mass is 9.79. The molecule has 0 aliphatic carbocycles. The zero-order valence-corrected chi connectivity index (χ0v) is 19.4. The Morgan fingerprint density at radius 2 is 1.77 bits per heavy atom. The SMILES string of the molecule is CCc1cnc2c(-c3ccc(N(C)C4CC(C)(C)NC(C)(C)C4)nn3)c(O)ccc2c1. The van der Waals surface area contributed by atoms with Crippen molar-refractivity contribution < 1.29 is 5.11 Å². The fourth-order valence-electron chi connectivity index (χ4n) is 5.06. The number of phenols is 1. The van der Waals surface area contributed by atoms with Crippen LogP contribution in [0.25, 0.3) is 22.2 Å². The quantitative estimate of drug-likeness (QED) is 0.638. The molecule has 31 heavy (non-hydrogen) atoms. The maximum absolute atomic E-state index is 10.6. The van der Waals surface area contributed by atoms with Crippen molar-refractivity contribution in [2.24, 2.45) is 0 Å². The van der Waals surface area contributed by atoms with E-state index in [-0.39, 0.29) is 16.8 Å². The number of aromatic hydroxyl groups is 1. The van der Waals surface area contributed by atoms with Gasteiger partial charge in [-0.05, 0) is 82.9 Å². The first-order valence-corrected chi connectivity index (χ1v) is 11.1. The van der Waals surface area contributed by atoms with E-state index in [2.05, 4.69) is 73.1 Å². The van der Waals surface area contributed by atoms with Gasteiger partial charge >= 0.3 is 0 Å². The number of rotatable bonds is 4. The van der Waals surface area contributed by atoms with Crippen LogP contribution < -0.4 is 10.2 Å². The summed E-state index contributed by atoms with van der Waals surface area (Å²) < 4.78 is 0. The van der Waals surface area contributed by atoms with Crippen molar-refractivity contribution in [3.8, 4) is 17.0 Å². The molecule has 4 rings (SSSR count). The molecule has 1 fully saturated rings. The number of aromatic nitrogens is 3. The molecule has 2 N–H and O–H groups in total. The maximum atomic E-state index is 10.6. The molecule has 1 saturated heterocycles. The highest BCUT2D eigenvalue weighted by Crippen LogP contribution is 2.36. The van der Waals surface area contributed by atoms with Crippen LogP contribution in [0, 0.1) is 0 Å². The molecule has 164 valence electrons. The summed E-state index contributed by atoms with van der Waals surface area (Å²) in [6.45, 7) is 11.1. The molecule has 1 aliphatic heterocycles. The highest BCUT2D eigenvalue weighted by molar-refractivity contribution is 5.96. The largest absolute Gasteiger partial charge is 0.507 e. The van der Waals surface area contributed by atoms with Crippen LogP contribution in [0.3, 0.4) is 0 Å². The van der Waals surface area contributed by atoms with Gasteiger partial charge in [-0.2, -0.15) is 0 Å². The lowest BCUT2D eigenvalue weighted by Gasteiger charge is -2.49. The number of anilines is 1. The van der Waals surface area contributed by atoms with Crippen LogP contribution in [0.5, 0.6) is 5.75 Å². The molecule has 2 aromatic heterocycles. The third-order valence-electron chi connectivity index (χ3n) is 6.28. The van der Waals surface area contributed by atoms with Gasteiger partial charge in [0.1, 0.15) is 5.75 Å². The zero-order valence-electron chi connectivity index (χ0n) is 19.4. The molecule has 0 unspecified atom stereocenters. The van der Waals surface area contributed by atoms with Crippen LogP contribution in [0.2, 0.25) is 0 Å². The molecule has 0 radical (unpaired) electrons. The molecule has 0 bridgehead atoms.